The molecule has 1 saturated heterocycles. The summed E-state index contributed by atoms with van der Waals surface area (Å²) in [6.07, 6.45) is 0. The third kappa shape index (κ3) is 4.62. The van der Waals surface area contributed by atoms with E-state index in [0.29, 0.717) is 13.2 Å². The number of nitrogens with one attached hydrogen (secondary N) is 2. The summed E-state index contributed by atoms with van der Waals surface area (Å²) in [6, 6.07) is 21.1. The smallest absolute Gasteiger partial charge is 0.0636 e. The monoisotopic (exact) mass is 311 g/mol. The second-order valence-electron chi connectivity index (χ2n) is 6.06. The van der Waals surface area contributed by atoms with E-state index in [0.717, 1.165) is 13.1 Å². The maximum Gasteiger partial charge on any atom is 0.0636 e. The Bertz CT molecular complexity index is 524. The van der Waals surface area contributed by atoms with E-state index >= 15 is 0 Å². The molecule has 0 aliphatic carbocycles. The number of hydrogen-bond donors (Lipinski definition) is 3. The van der Waals surface area contributed by atoms with Crippen molar-refractivity contribution in [1.82, 2.24) is 10.6 Å². The zero-order valence-electron chi connectivity index (χ0n) is 13.3. The van der Waals surface area contributed by atoms with Crippen LogP contribution in [-0.4, -0.2) is 31.3 Å². The molecule has 122 valence electrons. The first-order valence-electron chi connectivity index (χ1n) is 8.21. The highest BCUT2D eigenvalue weighted by Gasteiger charge is 2.30. The zero-order valence-corrected chi connectivity index (χ0v) is 13.3. The molecule has 0 spiro atoms. The number of nitrogens with two attached hydrogens (primary N) is 1. The quantitative estimate of drug-likeness (QED) is 0.759. The average molecular weight is 311 g/mol. The van der Waals surface area contributed by atoms with Gasteiger partial charge in [-0.25, -0.2) is 0 Å². The lowest BCUT2D eigenvalue weighted by Crippen LogP contribution is -2.62. The van der Waals surface area contributed by atoms with Gasteiger partial charge in [-0.15, -0.1) is 0 Å². The normalized spacial score (nSPS) is 24.5. The molecule has 0 amide bonds. The molecular formula is C19H25N3O. The molecule has 2 aromatic carbocycles. The Hall–Kier alpha value is -1.72. The fraction of sp³-hybridized carbons (Fsp3) is 0.368. The highest BCUT2D eigenvalue weighted by molar-refractivity contribution is 5.15. The number of ether oxygens (including phenoxy) is 1. The highest BCUT2D eigenvalue weighted by atomic mass is 16.5. The van der Waals surface area contributed by atoms with Gasteiger partial charge in [-0.1, -0.05) is 60.7 Å². The van der Waals surface area contributed by atoms with Crippen LogP contribution in [-0.2, 0) is 17.8 Å². The van der Waals surface area contributed by atoms with Gasteiger partial charge in [0, 0.05) is 31.2 Å². The molecule has 0 aromatic heterocycles. The third-order valence-corrected chi connectivity index (χ3v) is 4.35. The van der Waals surface area contributed by atoms with Crippen LogP contribution in [0.15, 0.2) is 60.7 Å². The van der Waals surface area contributed by atoms with Gasteiger partial charge < -0.3 is 21.1 Å². The van der Waals surface area contributed by atoms with Crippen LogP contribution >= 0.6 is 0 Å². The van der Waals surface area contributed by atoms with Crippen LogP contribution < -0.4 is 16.4 Å². The lowest BCUT2D eigenvalue weighted by Gasteiger charge is -2.37. The van der Waals surface area contributed by atoms with E-state index in [9.17, 15) is 0 Å². The summed E-state index contributed by atoms with van der Waals surface area (Å²) in [4.78, 5) is 0. The van der Waals surface area contributed by atoms with Crippen molar-refractivity contribution in [3.8, 4) is 0 Å². The van der Waals surface area contributed by atoms with Crippen LogP contribution in [0.25, 0.3) is 0 Å². The summed E-state index contributed by atoms with van der Waals surface area (Å²) in [5.41, 5.74) is 8.97. The topological polar surface area (TPSA) is 59.3 Å². The summed E-state index contributed by atoms with van der Waals surface area (Å²) in [5.74, 6) is 0. The van der Waals surface area contributed by atoms with Gasteiger partial charge in [0.2, 0.25) is 0 Å². The van der Waals surface area contributed by atoms with Gasteiger partial charge >= 0.3 is 0 Å². The fourth-order valence-electron chi connectivity index (χ4n) is 2.90. The maximum absolute atomic E-state index is 6.45. The fourth-order valence-corrected chi connectivity index (χ4v) is 2.90. The molecule has 1 heterocycles. The van der Waals surface area contributed by atoms with Crippen molar-refractivity contribution in [2.75, 3.05) is 13.2 Å². The van der Waals surface area contributed by atoms with Gasteiger partial charge in [-0.2, -0.15) is 0 Å². The van der Waals surface area contributed by atoms with Crippen molar-refractivity contribution in [3.63, 3.8) is 0 Å². The minimum atomic E-state index is 0.0381. The molecule has 1 fully saturated rings. The van der Waals surface area contributed by atoms with Crippen LogP contribution in [0.5, 0.6) is 0 Å². The summed E-state index contributed by atoms with van der Waals surface area (Å²) >= 11 is 0. The lowest BCUT2D eigenvalue weighted by molar-refractivity contribution is 0.0321. The Balaban J connectivity index is 1.50. The highest BCUT2D eigenvalue weighted by Crippen LogP contribution is 2.10. The number of hydrogen-bond acceptors (Lipinski definition) is 4. The molecule has 2 unspecified atom stereocenters. The van der Waals surface area contributed by atoms with Crippen LogP contribution in [0.4, 0.5) is 0 Å². The van der Waals surface area contributed by atoms with E-state index in [4.69, 9.17) is 10.5 Å². The Morgan fingerprint density at radius 1 is 0.783 bits per heavy atom. The van der Waals surface area contributed by atoms with Crippen LogP contribution in [0.3, 0.4) is 0 Å². The van der Waals surface area contributed by atoms with Gasteiger partial charge in [0.1, 0.15) is 0 Å². The van der Waals surface area contributed by atoms with Crippen LogP contribution in [0, 0.1) is 0 Å². The van der Waals surface area contributed by atoms with Crippen molar-refractivity contribution in [1.29, 1.82) is 0 Å². The number of benzene rings is 2. The first-order chi connectivity index (χ1) is 11.3. The SMILES string of the molecule is NC1C(NCc2ccccc2)COCC1NCc1ccccc1. The first-order valence-corrected chi connectivity index (χ1v) is 8.21. The standard InChI is InChI=1S/C19H25N3O/c20-19-17(21-11-15-7-3-1-4-8-15)13-23-14-18(19)22-12-16-9-5-2-6-10-16/h1-10,17-19,21-22H,11-14,20H2. The van der Waals surface area contributed by atoms with Crippen molar-refractivity contribution in [3.05, 3.63) is 71.8 Å². The predicted octanol–water partition coefficient (Wildman–Crippen LogP) is 1.66. The molecule has 3 rings (SSSR count). The molecule has 2 aromatic rings. The molecule has 2 atom stereocenters. The molecule has 23 heavy (non-hydrogen) atoms. The first kappa shape index (κ1) is 16.1. The van der Waals surface area contributed by atoms with E-state index in [2.05, 4.69) is 59.2 Å². The Kier molecular flexibility index (Phi) is 5.77. The zero-order chi connectivity index (χ0) is 15.9. The Labute approximate surface area is 138 Å². The molecule has 4 N–H and O–H groups in total. The van der Waals surface area contributed by atoms with E-state index in [1.807, 2.05) is 12.1 Å². The minimum absolute atomic E-state index is 0.0381. The second kappa shape index (κ2) is 8.22. The number of rotatable bonds is 6. The van der Waals surface area contributed by atoms with Crippen molar-refractivity contribution < 1.29 is 4.74 Å². The van der Waals surface area contributed by atoms with Crippen LogP contribution in [0.2, 0.25) is 0 Å². The van der Waals surface area contributed by atoms with Gasteiger partial charge in [-0.05, 0) is 11.1 Å². The largest absolute Gasteiger partial charge is 0.378 e. The Morgan fingerprint density at radius 3 is 1.65 bits per heavy atom. The van der Waals surface area contributed by atoms with E-state index < -0.39 is 0 Å². The van der Waals surface area contributed by atoms with Gasteiger partial charge in [-0.3, -0.25) is 0 Å². The summed E-state index contributed by atoms with van der Waals surface area (Å²) < 4.78 is 5.74. The molecular weight excluding hydrogens is 286 g/mol. The molecule has 4 nitrogen and oxygen atoms in total. The lowest BCUT2D eigenvalue weighted by atomic mass is 9.98. The average Bonchev–Trinajstić information content (AvgIpc) is 2.61. The Morgan fingerprint density at radius 2 is 1.22 bits per heavy atom. The second-order valence-corrected chi connectivity index (χ2v) is 6.06. The minimum Gasteiger partial charge on any atom is -0.378 e. The molecule has 0 bridgehead atoms. The summed E-state index contributed by atoms with van der Waals surface area (Å²) in [6.45, 7) is 2.96. The van der Waals surface area contributed by atoms with Crippen molar-refractivity contribution >= 4 is 0 Å². The molecule has 0 radical (unpaired) electrons. The molecule has 4 heteroatoms. The summed E-state index contributed by atoms with van der Waals surface area (Å²) in [7, 11) is 0. The maximum atomic E-state index is 6.45. The molecule has 0 saturated carbocycles. The van der Waals surface area contributed by atoms with Crippen molar-refractivity contribution in [2.24, 2.45) is 5.73 Å². The molecule has 1 aliphatic rings. The van der Waals surface area contributed by atoms with Gasteiger partial charge in [0.15, 0.2) is 0 Å². The third-order valence-electron chi connectivity index (χ3n) is 4.35. The van der Waals surface area contributed by atoms with Crippen LogP contribution in [0.1, 0.15) is 11.1 Å². The predicted molar refractivity (Wildman–Crippen MR) is 92.9 cm³/mol. The van der Waals surface area contributed by atoms with E-state index in [1.165, 1.54) is 11.1 Å². The van der Waals surface area contributed by atoms with Gasteiger partial charge in [0.25, 0.3) is 0 Å². The van der Waals surface area contributed by atoms with Crippen molar-refractivity contribution in [2.45, 2.75) is 31.2 Å². The van der Waals surface area contributed by atoms with E-state index in [1.54, 1.807) is 0 Å². The molecule has 1 aliphatic heterocycles. The summed E-state index contributed by atoms with van der Waals surface area (Å²) in [5, 5.41) is 7.05. The van der Waals surface area contributed by atoms with E-state index in [-0.39, 0.29) is 18.1 Å². The van der Waals surface area contributed by atoms with Gasteiger partial charge in [0.05, 0.1) is 13.2 Å².